The average molecular weight is 166 g/mol. The molecule has 0 aliphatic heterocycles. The Morgan fingerprint density at radius 2 is 2.33 bits per heavy atom. The molecule has 0 bridgehead atoms. The first-order valence-corrected chi connectivity index (χ1v) is 4.44. The van der Waals surface area contributed by atoms with Gasteiger partial charge in [-0.1, -0.05) is 6.92 Å². The molecule has 1 aliphatic carbocycles. The Hall–Kier alpha value is -0.830. The molecule has 3 heteroatoms. The number of aromatic nitrogens is 2. The van der Waals surface area contributed by atoms with Crippen molar-refractivity contribution in [1.82, 2.24) is 9.55 Å². The van der Waals surface area contributed by atoms with Gasteiger partial charge in [0.1, 0.15) is 0 Å². The predicted molar refractivity (Wildman–Crippen MR) is 45.7 cm³/mol. The van der Waals surface area contributed by atoms with Gasteiger partial charge >= 0.3 is 0 Å². The summed E-state index contributed by atoms with van der Waals surface area (Å²) in [6.45, 7) is 2.10. The summed E-state index contributed by atoms with van der Waals surface area (Å²) < 4.78 is 2.01. The number of hydrogen-bond donors (Lipinski definition) is 1. The summed E-state index contributed by atoms with van der Waals surface area (Å²) in [7, 11) is 0. The first-order valence-electron chi connectivity index (χ1n) is 4.44. The Labute approximate surface area is 72.0 Å². The van der Waals surface area contributed by atoms with Gasteiger partial charge in [0.15, 0.2) is 0 Å². The van der Waals surface area contributed by atoms with E-state index in [1.807, 2.05) is 10.8 Å². The van der Waals surface area contributed by atoms with Crippen molar-refractivity contribution >= 4 is 0 Å². The molecule has 3 atom stereocenters. The maximum absolute atomic E-state index is 9.78. The normalized spacial score (nSPS) is 35.7. The molecule has 12 heavy (non-hydrogen) atoms. The van der Waals surface area contributed by atoms with Gasteiger partial charge in [-0.25, -0.2) is 4.98 Å². The van der Waals surface area contributed by atoms with Crippen LogP contribution in [0.2, 0.25) is 0 Å². The lowest BCUT2D eigenvalue weighted by atomic mass is 10.1. The monoisotopic (exact) mass is 166 g/mol. The maximum Gasteiger partial charge on any atom is 0.0949 e. The van der Waals surface area contributed by atoms with E-state index in [9.17, 15) is 5.11 Å². The number of rotatable bonds is 1. The van der Waals surface area contributed by atoms with E-state index in [1.165, 1.54) is 0 Å². The van der Waals surface area contributed by atoms with Crippen molar-refractivity contribution in [2.45, 2.75) is 31.9 Å². The van der Waals surface area contributed by atoms with Gasteiger partial charge in [-0.15, -0.1) is 0 Å². The first kappa shape index (κ1) is 7.80. The van der Waals surface area contributed by atoms with Crippen molar-refractivity contribution in [3.63, 3.8) is 0 Å². The average Bonchev–Trinajstić information content (AvgIpc) is 2.64. The third-order valence-electron chi connectivity index (χ3n) is 2.80. The van der Waals surface area contributed by atoms with Gasteiger partial charge in [-0.2, -0.15) is 0 Å². The SMILES string of the molecule is C[C@@H]1CCC(n2ccnc2)[C@@H]1O. The molecule has 0 aromatic carbocycles. The quantitative estimate of drug-likeness (QED) is 0.681. The smallest absolute Gasteiger partial charge is 0.0949 e. The van der Waals surface area contributed by atoms with Crippen LogP contribution < -0.4 is 0 Å². The van der Waals surface area contributed by atoms with Crippen molar-refractivity contribution < 1.29 is 5.11 Å². The number of aliphatic hydroxyl groups is 1. The van der Waals surface area contributed by atoms with Crippen molar-refractivity contribution in [3.8, 4) is 0 Å². The second kappa shape index (κ2) is 2.90. The predicted octanol–water partition coefficient (Wildman–Crippen LogP) is 1.21. The zero-order valence-corrected chi connectivity index (χ0v) is 7.22. The molecule has 1 aromatic heterocycles. The van der Waals surface area contributed by atoms with E-state index < -0.39 is 0 Å². The maximum atomic E-state index is 9.78. The van der Waals surface area contributed by atoms with Gasteiger partial charge in [-0.3, -0.25) is 0 Å². The lowest BCUT2D eigenvalue weighted by Crippen LogP contribution is -2.21. The molecule has 66 valence electrons. The molecule has 1 unspecified atom stereocenters. The summed E-state index contributed by atoms with van der Waals surface area (Å²) in [5.41, 5.74) is 0. The third kappa shape index (κ3) is 1.14. The van der Waals surface area contributed by atoms with E-state index in [0.29, 0.717) is 5.92 Å². The Morgan fingerprint density at radius 1 is 1.50 bits per heavy atom. The van der Waals surface area contributed by atoms with Crippen LogP contribution in [-0.4, -0.2) is 20.8 Å². The second-order valence-corrected chi connectivity index (χ2v) is 3.62. The summed E-state index contributed by atoms with van der Waals surface area (Å²) in [6.07, 6.45) is 7.45. The molecule has 0 amide bonds. The summed E-state index contributed by atoms with van der Waals surface area (Å²) >= 11 is 0. The largest absolute Gasteiger partial charge is 0.391 e. The van der Waals surface area contributed by atoms with E-state index in [2.05, 4.69) is 11.9 Å². The van der Waals surface area contributed by atoms with Gasteiger partial charge in [0.05, 0.1) is 18.5 Å². The summed E-state index contributed by atoms with van der Waals surface area (Å²) in [5.74, 6) is 0.428. The standard InChI is InChI=1S/C9H14N2O/c1-7-2-3-8(9(7)12)11-5-4-10-6-11/h4-9,12H,2-3H2,1H3/t7-,8?,9-/m1/s1. The van der Waals surface area contributed by atoms with Crippen LogP contribution in [0.3, 0.4) is 0 Å². The minimum absolute atomic E-state index is 0.195. The van der Waals surface area contributed by atoms with Gasteiger partial charge in [0.2, 0.25) is 0 Å². The van der Waals surface area contributed by atoms with E-state index in [1.54, 1.807) is 12.5 Å². The molecule has 0 radical (unpaired) electrons. The van der Waals surface area contributed by atoms with E-state index in [4.69, 9.17) is 0 Å². The van der Waals surface area contributed by atoms with E-state index in [0.717, 1.165) is 12.8 Å². The second-order valence-electron chi connectivity index (χ2n) is 3.62. The van der Waals surface area contributed by atoms with Crippen molar-refractivity contribution in [2.24, 2.45) is 5.92 Å². The highest BCUT2D eigenvalue weighted by Crippen LogP contribution is 2.34. The van der Waals surface area contributed by atoms with Gasteiger partial charge in [-0.05, 0) is 18.8 Å². The summed E-state index contributed by atoms with van der Waals surface area (Å²) in [6, 6.07) is 0.252. The Bertz CT molecular complexity index is 245. The molecule has 1 N–H and O–H groups in total. The molecule has 1 heterocycles. The highest BCUT2D eigenvalue weighted by molar-refractivity contribution is 4.90. The number of hydrogen-bond acceptors (Lipinski definition) is 2. The van der Waals surface area contributed by atoms with Crippen molar-refractivity contribution in [1.29, 1.82) is 0 Å². The molecule has 1 saturated carbocycles. The molecule has 0 spiro atoms. The van der Waals surface area contributed by atoms with E-state index >= 15 is 0 Å². The fourth-order valence-corrected chi connectivity index (χ4v) is 1.95. The lowest BCUT2D eigenvalue weighted by molar-refractivity contribution is 0.102. The van der Waals surface area contributed by atoms with Gasteiger partial charge in [0, 0.05) is 12.4 Å². The molecule has 0 saturated heterocycles. The van der Waals surface area contributed by atoms with Crippen LogP contribution in [0.25, 0.3) is 0 Å². The highest BCUT2D eigenvalue weighted by atomic mass is 16.3. The van der Waals surface area contributed by atoms with Crippen LogP contribution >= 0.6 is 0 Å². The number of aliphatic hydroxyl groups excluding tert-OH is 1. The van der Waals surface area contributed by atoms with Gasteiger partial charge in [0.25, 0.3) is 0 Å². The number of nitrogens with zero attached hydrogens (tertiary/aromatic N) is 2. The zero-order chi connectivity index (χ0) is 8.55. The van der Waals surface area contributed by atoms with Crippen molar-refractivity contribution in [2.75, 3.05) is 0 Å². The van der Waals surface area contributed by atoms with Crippen LogP contribution in [-0.2, 0) is 0 Å². The fourth-order valence-electron chi connectivity index (χ4n) is 1.95. The zero-order valence-electron chi connectivity index (χ0n) is 7.22. The molecular formula is C9H14N2O. The molecule has 1 fully saturated rings. The Kier molecular flexibility index (Phi) is 1.89. The molecular weight excluding hydrogens is 152 g/mol. The van der Waals surface area contributed by atoms with Crippen LogP contribution in [0.15, 0.2) is 18.7 Å². The lowest BCUT2D eigenvalue weighted by Gasteiger charge is -2.17. The van der Waals surface area contributed by atoms with Crippen LogP contribution in [0, 0.1) is 5.92 Å². The minimum Gasteiger partial charge on any atom is -0.391 e. The Balaban J connectivity index is 2.16. The fraction of sp³-hybridized carbons (Fsp3) is 0.667. The van der Waals surface area contributed by atoms with Gasteiger partial charge < -0.3 is 9.67 Å². The minimum atomic E-state index is -0.195. The van der Waals surface area contributed by atoms with Crippen LogP contribution in [0.4, 0.5) is 0 Å². The van der Waals surface area contributed by atoms with Crippen molar-refractivity contribution in [3.05, 3.63) is 18.7 Å². The molecule has 2 rings (SSSR count). The molecule has 3 nitrogen and oxygen atoms in total. The highest BCUT2D eigenvalue weighted by Gasteiger charge is 2.32. The molecule has 1 aromatic rings. The summed E-state index contributed by atoms with van der Waals surface area (Å²) in [5, 5.41) is 9.78. The number of imidazole rings is 1. The first-order chi connectivity index (χ1) is 5.79. The van der Waals surface area contributed by atoms with Crippen LogP contribution in [0.5, 0.6) is 0 Å². The Morgan fingerprint density at radius 3 is 2.83 bits per heavy atom. The third-order valence-corrected chi connectivity index (χ3v) is 2.80. The summed E-state index contributed by atoms with van der Waals surface area (Å²) in [4.78, 5) is 3.98. The molecule has 1 aliphatic rings. The topological polar surface area (TPSA) is 38.0 Å². The van der Waals surface area contributed by atoms with Crippen LogP contribution in [0.1, 0.15) is 25.8 Å². The van der Waals surface area contributed by atoms with E-state index in [-0.39, 0.29) is 12.1 Å².